The van der Waals surface area contributed by atoms with Crippen molar-refractivity contribution in [1.82, 2.24) is 0 Å². The summed E-state index contributed by atoms with van der Waals surface area (Å²) in [7, 11) is -0.901. The third kappa shape index (κ3) is 3.68. The molecule has 0 aromatic rings. The molecule has 0 rings (SSSR count). The zero-order valence-electron chi connectivity index (χ0n) is 10.3. The zero-order chi connectivity index (χ0) is 10.5. The molecule has 1 heteroatoms. The molecular formula is C12H26Si. The molecular weight excluding hydrogens is 172 g/mol. The minimum absolute atomic E-state index is 0.901. The second-order valence-corrected chi connectivity index (χ2v) is 9.99. The summed E-state index contributed by atoms with van der Waals surface area (Å²) in [6.07, 6.45) is 0. The summed E-state index contributed by atoms with van der Waals surface area (Å²) in [5.74, 6) is 0. The van der Waals surface area contributed by atoms with Crippen molar-refractivity contribution in [2.45, 2.75) is 65.7 Å². The van der Waals surface area contributed by atoms with Crippen molar-refractivity contribution in [3.63, 3.8) is 0 Å². The molecule has 0 atom stereocenters. The van der Waals surface area contributed by atoms with Gasteiger partial charge < -0.3 is 0 Å². The first-order valence-electron chi connectivity index (χ1n) is 5.64. The Morgan fingerprint density at radius 3 is 1.46 bits per heavy atom. The normalized spacial score (nSPS) is 11.5. The van der Waals surface area contributed by atoms with Crippen molar-refractivity contribution in [1.29, 1.82) is 0 Å². The minimum Gasteiger partial charge on any atom is -0.0778 e. The van der Waals surface area contributed by atoms with Crippen LogP contribution in [0.2, 0.25) is 24.2 Å². The highest BCUT2D eigenvalue weighted by molar-refractivity contribution is 6.80. The smallest absolute Gasteiger partial charge is 0.0567 e. The molecule has 13 heavy (non-hydrogen) atoms. The molecule has 78 valence electrons. The van der Waals surface area contributed by atoms with Crippen LogP contribution in [0, 0.1) is 0 Å². The first-order chi connectivity index (χ1) is 6.01. The summed E-state index contributed by atoms with van der Waals surface area (Å²) in [4.78, 5) is 0. The summed E-state index contributed by atoms with van der Waals surface area (Å²) in [5.41, 5.74) is 3.18. The maximum absolute atomic E-state index is 2.39. The summed E-state index contributed by atoms with van der Waals surface area (Å²) in [5, 5.41) is 0. The van der Waals surface area contributed by atoms with Crippen molar-refractivity contribution < 1.29 is 0 Å². The van der Waals surface area contributed by atoms with Crippen LogP contribution < -0.4 is 0 Å². The Labute approximate surface area is 85.4 Å². The summed E-state index contributed by atoms with van der Waals surface area (Å²) >= 11 is 0. The molecule has 0 heterocycles. The van der Waals surface area contributed by atoms with Crippen molar-refractivity contribution in [3.05, 3.63) is 11.1 Å². The van der Waals surface area contributed by atoms with Gasteiger partial charge in [0.2, 0.25) is 0 Å². The Hall–Kier alpha value is -0.0431. The van der Waals surface area contributed by atoms with Crippen LogP contribution in [0.1, 0.15) is 41.5 Å². The molecule has 0 nitrogen and oxygen atoms in total. The van der Waals surface area contributed by atoms with E-state index in [4.69, 9.17) is 0 Å². The largest absolute Gasteiger partial charge is 0.0778 e. The van der Waals surface area contributed by atoms with E-state index in [1.54, 1.807) is 5.57 Å². The Balaban J connectivity index is 4.52. The third-order valence-corrected chi connectivity index (χ3v) is 9.52. The molecule has 0 saturated heterocycles. The van der Waals surface area contributed by atoms with Gasteiger partial charge in [0.15, 0.2) is 0 Å². The zero-order valence-corrected chi connectivity index (χ0v) is 11.3. The highest BCUT2D eigenvalue weighted by Crippen LogP contribution is 2.29. The summed E-state index contributed by atoms with van der Waals surface area (Å²) in [6, 6.07) is 5.78. The van der Waals surface area contributed by atoms with Gasteiger partial charge in [0.25, 0.3) is 0 Å². The molecule has 0 aromatic carbocycles. The van der Waals surface area contributed by atoms with Gasteiger partial charge in [0, 0.05) is 0 Å². The second kappa shape index (κ2) is 5.64. The lowest BCUT2D eigenvalue weighted by atomic mass is 10.2. The molecule has 0 radical (unpaired) electrons. The molecule has 0 saturated carbocycles. The van der Waals surface area contributed by atoms with Crippen LogP contribution in [0.4, 0.5) is 0 Å². The third-order valence-electron chi connectivity index (χ3n) is 3.74. The van der Waals surface area contributed by atoms with Crippen LogP contribution in [-0.2, 0) is 0 Å². The van der Waals surface area contributed by atoms with Crippen LogP contribution in [0.5, 0.6) is 0 Å². The molecule has 0 aromatic heterocycles. The average molecular weight is 198 g/mol. The Morgan fingerprint density at radius 2 is 1.23 bits per heavy atom. The molecule has 0 N–H and O–H groups in total. The van der Waals surface area contributed by atoms with Gasteiger partial charge in [-0.25, -0.2) is 0 Å². The van der Waals surface area contributed by atoms with Gasteiger partial charge in [-0.2, -0.15) is 0 Å². The molecule has 0 aliphatic carbocycles. The fourth-order valence-corrected chi connectivity index (χ4v) is 5.59. The van der Waals surface area contributed by atoms with Gasteiger partial charge in [0.05, 0.1) is 8.07 Å². The van der Waals surface area contributed by atoms with E-state index < -0.39 is 8.07 Å². The fraction of sp³-hybridized carbons (Fsp3) is 0.833. The van der Waals surface area contributed by atoms with E-state index >= 15 is 0 Å². The highest BCUT2D eigenvalue weighted by atomic mass is 28.3. The van der Waals surface area contributed by atoms with E-state index in [1.165, 1.54) is 29.7 Å². The van der Waals surface area contributed by atoms with Crippen LogP contribution >= 0.6 is 0 Å². The van der Waals surface area contributed by atoms with Crippen LogP contribution in [0.15, 0.2) is 11.1 Å². The highest BCUT2D eigenvalue weighted by Gasteiger charge is 2.26. The van der Waals surface area contributed by atoms with E-state index in [9.17, 15) is 0 Å². The quantitative estimate of drug-likeness (QED) is 0.437. The van der Waals surface area contributed by atoms with Crippen LogP contribution in [-0.4, -0.2) is 8.07 Å². The topological polar surface area (TPSA) is 0 Å². The first-order valence-corrected chi connectivity index (χ1v) is 8.47. The van der Waals surface area contributed by atoms with Crippen LogP contribution in [0.3, 0.4) is 0 Å². The lowest BCUT2D eigenvalue weighted by Gasteiger charge is -2.29. The van der Waals surface area contributed by atoms with Crippen molar-refractivity contribution in [2.75, 3.05) is 0 Å². The van der Waals surface area contributed by atoms with Crippen molar-refractivity contribution in [3.8, 4) is 0 Å². The maximum Gasteiger partial charge on any atom is 0.0567 e. The Kier molecular flexibility index (Phi) is 5.62. The van der Waals surface area contributed by atoms with Gasteiger partial charge in [-0.05, 0) is 26.8 Å². The Bertz CT molecular complexity index is 163. The number of allylic oxidation sites excluding steroid dienone is 2. The maximum atomic E-state index is 2.39. The van der Waals surface area contributed by atoms with Gasteiger partial charge in [0.1, 0.15) is 0 Å². The van der Waals surface area contributed by atoms with Gasteiger partial charge in [-0.1, -0.05) is 50.0 Å². The van der Waals surface area contributed by atoms with E-state index in [1.807, 2.05) is 0 Å². The lowest BCUT2D eigenvalue weighted by molar-refractivity contribution is 1.09. The number of hydrogen-bond donors (Lipinski definition) is 0. The summed E-state index contributed by atoms with van der Waals surface area (Å²) < 4.78 is 0. The monoisotopic (exact) mass is 198 g/mol. The van der Waals surface area contributed by atoms with E-state index in [2.05, 4.69) is 41.5 Å². The first kappa shape index (κ1) is 13.0. The van der Waals surface area contributed by atoms with Crippen molar-refractivity contribution >= 4 is 8.07 Å². The fourth-order valence-electron chi connectivity index (χ4n) is 1.86. The Morgan fingerprint density at radius 1 is 0.846 bits per heavy atom. The molecule has 0 unspecified atom stereocenters. The van der Waals surface area contributed by atoms with E-state index in [0.717, 1.165) is 0 Å². The van der Waals surface area contributed by atoms with Gasteiger partial charge >= 0.3 is 0 Å². The van der Waals surface area contributed by atoms with E-state index in [-0.39, 0.29) is 0 Å². The number of rotatable bonds is 5. The average Bonchev–Trinajstić information content (AvgIpc) is 2.14. The van der Waals surface area contributed by atoms with E-state index in [0.29, 0.717) is 0 Å². The molecule has 0 fully saturated rings. The number of hydrogen-bond acceptors (Lipinski definition) is 0. The van der Waals surface area contributed by atoms with Crippen LogP contribution in [0.25, 0.3) is 0 Å². The SMILES string of the molecule is CC[Si](CC)(CC)CC(C)=C(C)C. The molecule has 0 amide bonds. The van der Waals surface area contributed by atoms with Gasteiger partial charge in [-0.3, -0.25) is 0 Å². The van der Waals surface area contributed by atoms with Gasteiger partial charge in [-0.15, -0.1) is 0 Å². The summed E-state index contributed by atoms with van der Waals surface area (Å²) in [6.45, 7) is 14.0. The van der Waals surface area contributed by atoms with Crippen molar-refractivity contribution in [2.24, 2.45) is 0 Å². The molecule has 0 aliphatic rings. The molecule has 0 bridgehead atoms. The standard InChI is InChI=1S/C12H26Si/c1-7-13(8-2,9-3)10-12(6)11(4)5/h7-10H2,1-6H3. The molecule has 0 spiro atoms. The minimum atomic E-state index is -0.901. The predicted octanol–water partition coefficient (Wildman–Crippen LogP) is 4.85. The molecule has 0 aliphatic heterocycles. The second-order valence-electron chi connectivity index (χ2n) is 4.52. The predicted molar refractivity (Wildman–Crippen MR) is 66.1 cm³/mol. The lowest BCUT2D eigenvalue weighted by Crippen LogP contribution is -2.31.